The predicted octanol–water partition coefficient (Wildman–Crippen LogP) is 3.74. The van der Waals surface area contributed by atoms with Crippen LogP contribution in [0.15, 0.2) is 36.5 Å². The SMILES string of the molecule is CCOC(=O)c1c[nH]c(-c2ccc(C3CC3)cc2)c1. The number of aromatic nitrogens is 1. The Labute approximate surface area is 112 Å². The summed E-state index contributed by atoms with van der Waals surface area (Å²) in [5.41, 5.74) is 4.04. The van der Waals surface area contributed by atoms with Crippen LogP contribution in [0.2, 0.25) is 0 Å². The van der Waals surface area contributed by atoms with Crippen LogP contribution in [-0.2, 0) is 4.74 Å². The Morgan fingerprint density at radius 1 is 1.32 bits per heavy atom. The number of benzene rings is 1. The Bertz CT molecular complexity index is 579. The molecule has 3 nitrogen and oxygen atoms in total. The smallest absolute Gasteiger partial charge is 0.339 e. The highest BCUT2D eigenvalue weighted by atomic mass is 16.5. The molecule has 1 aromatic heterocycles. The first-order chi connectivity index (χ1) is 9.28. The van der Waals surface area contributed by atoms with Crippen molar-refractivity contribution < 1.29 is 9.53 Å². The molecule has 0 spiro atoms. The van der Waals surface area contributed by atoms with E-state index < -0.39 is 0 Å². The number of carbonyl (C=O) groups excluding carboxylic acids is 1. The molecule has 0 saturated heterocycles. The third-order valence-electron chi connectivity index (χ3n) is 3.46. The largest absolute Gasteiger partial charge is 0.462 e. The van der Waals surface area contributed by atoms with E-state index in [2.05, 4.69) is 29.2 Å². The van der Waals surface area contributed by atoms with Crippen molar-refractivity contribution in [3.05, 3.63) is 47.7 Å². The lowest BCUT2D eigenvalue weighted by atomic mass is 10.1. The Balaban J connectivity index is 1.79. The lowest BCUT2D eigenvalue weighted by Gasteiger charge is -2.01. The zero-order valence-corrected chi connectivity index (χ0v) is 11.0. The first-order valence-electron chi connectivity index (χ1n) is 6.74. The minimum Gasteiger partial charge on any atom is -0.462 e. The molecule has 0 radical (unpaired) electrons. The molecule has 2 aromatic rings. The number of esters is 1. The molecule has 1 heterocycles. The van der Waals surface area contributed by atoms with E-state index in [1.54, 1.807) is 6.20 Å². The van der Waals surface area contributed by atoms with Gasteiger partial charge in [-0.15, -0.1) is 0 Å². The second-order valence-electron chi connectivity index (χ2n) is 4.92. The van der Waals surface area contributed by atoms with E-state index in [0.29, 0.717) is 12.2 Å². The molecular formula is C16H17NO2. The van der Waals surface area contributed by atoms with Crippen LogP contribution in [-0.4, -0.2) is 17.6 Å². The summed E-state index contributed by atoms with van der Waals surface area (Å²) in [5.74, 6) is 0.493. The minimum absolute atomic E-state index is 0.278. The van der Waals surface area contributed by atoms with Gasteiger partial charge in [-0.2, -0.15) is 0 Å². The van der Waals surface area contributed by atoms with E-state index in [0.717, 1.165) is 17.2 Å². The second kappa shape index (κ2) is 4.92. The van der Waals surface area contributed by atoms with Crippen LogP contribution in [0, 0.1) is 0 Å². The topological polar surface area (TPSA) is 42.1 Å². The minimum atomic E-state index is -0.278. The fourth-order valence-electron chi connectivity index (χ4n) is 2.24. The van der Waals surface area contributed by atoms with Crippen LogP contribution in [0.5, 0.6) is 0 Å². The number of H-pyrrole nitrogens is 1. The molecule has 0 atom stereocenters. The van der Waals surface area contributed by atoms with Crippen molar-refractivity contribution >= 4 is 5.97 Å². The van der Waals surface area contributed by atoms with Gasteiger partial charge in [0.15, 0.2) is 0 Å². The predicted molar refractivity (Wildman–Crippen MR) is 74.2 cm³/mol. The molecule has 1 N–H and O–H groups in total. The fraction of sp³-hybridized carbons (Fsp3) is 0.312. The van der Waals surface area contributed by atoms with Crippen LogP contribution in [0.1, 0.15) is 41.6 Å². The number of nitrogens with one attached hydrogen (secondary N) is 1. The van der Waals surface area contributed by atoms with Crippen molar-refractivity contribution in [3.63, 3.8) is 0 Å². The van der Waals surface area contributed by atoms with Gasteiger partial charge in [0, 0.05) is 11.9 Å². The number of ether oxygens (including phenoxy) is 1. The van der Waals surface area contributed by atoms with Gasteiger partial charge in [0.2, 0.25) is 0 Å². The fourth-order valence-corrected chi connectivity index (χ4v) is 2.24. The van der Waals surface area contributed by atoms with Crippen molar-refractivity contribution in [2.45, 2.75) is 25.7 Å². The second-order valence-corrected chi connectivity index (χ2v) is 4.92. The van der Waals surface area contributed by atoms with Crippen molar-refractivity contribution in [2.75, 3.05) is 6.61 Å². The Kier molecular flexibility index (Phi) is 3.11. The molecular weight excluding hydrogens is 238 g/mol. The highest BCUT2D eigenvalue weighted by Gasteiger charge is 2.23. The molecule has 0 unspecified atom stereocenters. The van der Waals surface area contributed by atoms with Crippen molar-refractivity contribution in [1.82, 2.24) is 4.98 Å². The van der Waals surface area contributed by atoms with Gasteiger partial charge in [-0.3, -0.25) is 0 Å². The van der Waals surface area contributed by atoms with Gasteiger partial charge in [-0.05, 0) is 42.9 Å². The van der Waals surface area contributed by atoms with E-state index in [4.69, 9.17) is 4.74 Å². The van der Waals surface area contributed by atoms with Crippen molar-refractivity contribution in [3.8, 4) is 11.3 Å². The third-order valence-corrected chi connectivity index (χ3v) is 3.46. The zero-order chi connectivity index (χ0) is 13.2. The standard InChI is InChI=1S/C16H17NO2/c1-2-19-16(18)14-9-15(17-10-14)13-7-5-12(6-8-13)11-3-4-11/h5-11,17H,2-4H2,1H3. The summed E-state index contributed by atoms with van der Waals surface area (Å²) in [5, 5.41) is 0. The Morgan fingerprint density at radius 3 is 2.68 bits per heavy atom. The van der Waals surface area contributed by atoms with Gasteiger partial charge in [0.25, 0.3) is 0 Å². The van der Waals surface area contributed by atoms with Gasteiger partial charge in [0.1, 0.15) is 0 Å². The van der Waals surface area contributed by atoms with Crippen LogP contribution in [0.25, 0.3) is 11.3 Å². The summed E-state index contributed by atoms with van der Waals surface area (Å²) in [4.78, 5) is 14.7. The summed E-state index contributed by atoms with van der Waals surface area (Å²) in [6.07, 6.45) is 4.33. The number of rotatable bonds is 4. The quantitative estimate of drug-likeness (QED) is 0.846. The molecule has 1 fully saturated rings. The molecule has 0 bridgehead atoms. The van der Waals surface area contributed by atoms with Gasteiger partial charge in [-0.25, -0.2) is 4.79 Å². The lowest BCUT2D eigenvalue weighted by Crippen LogP contribution is -2.02. The Hall–Kier alpha value is -2.03. The van der Waals surface area contributed by atoms with Crippen LogP contribution in [0.4, 0.5) is 0 Å². The molecule has 0 amide bonds. The Morgan fingerprint density at radius 2 is 2.05 bits per heavy atom. The summed E-state index contributed by atoms with van der Waals surface area (Å²) < 4.78 is 4.98. The summed E-state index contributed by atoms with van der Waals surface area (Å²) in [6, 6.07) is 10.4. The molecule has 1 saturated carbocycles. The van der Waals surface area contributed by atoms with Crippen molar-refractivity contribution in [2.24, 2.45) is 0 Å². The molecule has 1 aliphatic carbocycles. The number of hydrogen-bond acceptors (Lipinski definition) is 2. The van der Waals surface area contributed by atoms with Crippen LogP contribution < -0.4 is 0 Å². The highest BCUT2D eigenvalue weighted by molar-refractivity contribution is 5.90. The molecule has 0 aliphatic heterocycles. The van der Waals surface area contributed by atoms with Gasteiger partial charge in [0.05, 0.1) is 12.2 Å². The number of hydrogen-bond donors (Lipinski definition) is 1. The first-order valence-corrected chi connectivity index (χ1v) is 6.74. The number of carbonyl (C=O) groups is 1. The number of aromatic amines is 1. The molecule has 3 rings (SSSR count). The van der Waals surface area contributed by atoms with Crippen LogP contribution in [0.3, 0.4) is 0 Å². The van der Waals surface area contributed by atoms with Crippen LogP contribution >= 0.6 is 0 Å². The summed E-state index contributed by atoms with van der Waals surface area (Å²) in [6.45, 7) is 2.21. The van der Waals surface area contributed by atoms with E-state index in [9.17, 15) is 4.79 Å². The zero-order valence-electron chi connectivity index (χ0n) is 11.0. The van der Waals surface area contributed by atoms with E-state index >= 15 is 0 Å². The monoisotopic (exact) mass is 255 g/mol. The summed E-state index contributed by atoms with van der Waals surface area (Å²) in [7, 11) is 0. The third kappa shape index (κ3) is 2.55. The average Bonchev–Trinajstić information content (AvgIpc) is 3.16. The molecule has 1 aliphatic rings. The molecule has 3 heteroatoms. The maximum atomic E-state index is 11.6. The van der Waals surface area contributed by atoms with Gasteiger partial charge in [-0.1, -0.05) is 24.3 Å². The maximum absolute atomic E-state index is 11.6. The van der Waals surface area contributed by atoms with Gasteiger partial charge >= 0.3 is 5.97 Å². The van der Waals surface area contributed by atoms with Crippen molar-refractivity contribution in [1.29, 1.82) is 0 Å². The van der Waals surface area contributed by atoms with E-state index in [1.807, 2.05) is 13.0 Å². The highest BCUT2D eigenvalue weighted by Crippen LogP contribution is 2.40. The molecule has 98 valence electrons. The lowest BCUT2D eigenvalue weighted by molar-refractivity contribution is 0.0526. The van der Waals surface area contributed by atoms with E-state index in [1.165, 1.54) is 18.4 Å². The normalized spacial score (nSPS) is 14.4. The van der Waals surface area contributed by atoms with Gasteiger partial charge < -0.3 is 9.72 Å². The summed E-state index contributed by atoms with van der Waals surface area (Å²) >= 11 is 0. The van der Waals surface area contributed by atoms with E-state index in [-0.39, 0.29) is 5.97 Å². The maximum Gasteiger partial charge on any atom is 0.339 e. The molecule has 19 heavy (non-hydrogen) atoms. The molecule has 1 aromatic carbocycles. The first kappa shape index (κ1) is 12.0. The average molecular weight is 255 g/mol.